The summed E-state index contributed by atoms with van der Waals surface area (Å²) in [5.74, 6) is 0. The van der Waals surface area contributed by atoms with Crippen LogP contribution in [0, 0.1) is 0 Å². The Morgan fingerprint density at radius 1 is 1.21 bits per heavy atom. The van der Waals surface area contributed by atoms with E-state index in [0.717, 1.165) is 0 Å². The zero-order valence-electron chi connectivity index (χ0n) is 10.4. The molecule has 14 heavy (non-hydrogen) atoms. The summed E-state index contributed by atoms with van der Waals surface area (Å²) < 4.78 is 0. The summed E-state index contributed by atoms with van der Waals surface area (Å²) in [5, 5.41) is 3.37. The lowest BCUT2D eigenvalue weighted by Crippen LogP contribution is -2.22. The molecule has 0 bridgehead atoms. The van der Waals surface area contributed by atoms with Crippen molar-refractivity contribution in [1.82, 2.24) is 5.32 Å². The fourth-order valence-corrected chi connectivity index (χ4v) is 1.62. The molecule has 0 heterocycles. The van der Waals surface area contributed by atoms with E-state index >= 15 is 0 Å². The van der Waals surface area contributed by atoms with Gasteiger partial charge in [-0.1, -0.05) is 44.8 Å². The summed E-state index contributed by atoms with van der Waals surface area (Å²) >= 11 is 0. The molecule has 1 heteroatoms. The summed E-state index contributed by atoms with van der Waals surface area (Å²) in [4.78, 5) is 0. The molecule has 1 nitrogen and oxygen atoms in total. The molecule has 0 saturated carbocycles. The molecule has 0 aliphatic carbocycles. The van der Waals surface area contributed by atoms with Crippen molar-refractivity contribution in [3.63, 3.8) is 0 Å². The number of hydrogen-bond donors (Lipinski definition) is 1. The Labute approximate surface area is 90.0 Å². The maximum absolute atomic E-state index is 3.37. The van der Waals surface area contributed by atoms with Crippen molar-refractivity contribution in [2.45, 2.75) is 65.3 Å². The zero-order valence-corrected chi connectivity index (χ0v) is 10.4. The number of rotatable bonds is 8. The van der Waals surface area contributed by atoms with Gasteiger partial charge in [-0.15, -0.1) is 0 Å². The molecule has 0 aromatic heterocycles. The Hall–Kier alpha value is -0.300. The van der Waals surface area contributed by atoms with Gasteiger partial charge < -0.3 is 5.32 Å². The fraction of sp³-hybridized carbons (Fsp3) is 0.846. The van der Waals surface area contributed by atoms with Crippen molar-refractivity contribution in [3.05, 3.63) is 11.6 Å². The smallest absolute Gasteiger partial charge is 0.0249 e. The van der Waals surface area contributed by atoms with Gasteiger partial charge in [0.25, 0.3) is 0 Å². The Balaban J connectivity index is 3.85. The highest BCUT2D eigenvalue weighted by molar-refractivity contribution is 5.03. The van der Waals surface area contributed by atoms with Crippen LogP contribution in [0.3, 0.4) is 0 Å². The molecule has 0 amide bonds. The second-order valence-electron chi connectivity index (χ2n) is 4.15. The third-order valence-electron chi connectivity index (χ3n) is 2.65. The van der Waals surface area contributed by atoms with Crippen molar-refractivity contribution < 1.29 is 0 Å². The monoisotopic (exact) mass is 197 g/mol. The van der Waals surface area contributed by atoms with Crippen molar-refractivity contribution in [2.75, 3.05) is 7.05 Å². The van der Waals surface area contributed by atoms with Crippen molar-refractivity contribution in [2.24, 2.45) is 0 Å². The van der Waals surface area contributed by atoms with E-state index in [4.69, 9.17) is 0 Å². The van der Waals surface area contributed by atoms with Crippen molar-refractivity contribution >= 4 is 0 Å². The van der Waals surface area contributed by atoms with Crippen LogP contribution >= 0.6 is 0 Å². The number of likely N-dealkylation sites (N-methyl/N-ethyl adjacent to an activating group) is 1. The van der Waals surface area contributed by atoms with Gasteiger partial charge in [-0.3, -0.25) is 0 Å². The minimum atomic E-state index is 0.590. The SMILES string of the molecule is CCCC/C(C)=C/C(CCCC)NC. The van der Waals surface area contributed by atoms with E-state index < -0.39 is 0 Å². The average molecular weight is 197 g/mol. The largest absolute Gasteiger partial charge is 0.314 e. The van der Waals surface area contributed by atoms with Crippen molar-refractivity contribution in [3.8, 4) is 0 Å². The Bertz CT molecular complexity index is 149. The van der Waals surface area contributed by atoms with E-state index in [1.807, 2.05) is 0 Å². The lowest BCUT2D eigenvalue weighted by atomic mass is 10.0. The lowest BCUT2D eigenvalue weighted by molar-refractivity contribution is 0.574. The van der Waals surface area contributed by atoms with Gasteiger partial charge >= 0.3 is 0 Å². The maximum atomic E-state index is 3.37. The van der Waals surface area contributed by atoms with Gasteiger partial charge in [0.15, 0.2) is 0 Å². The first kappa shape index (κ1) is 13.7. The molecule has 0 aliphatic rings. The predicted octanol–water partition coefficient (Wildman–Crippen LogP) is 3.90. The molecule has 0 aliphatic heterocycles. The number of allylic oxidation sites excluding steroid dienone is 1. The Kier molecular flexibility index (Phi) is 9.06. The molecule has 84 valence electrons. The first-order chi connectivity index (χ1) is 6.74. The van der Waals surface area contributed by atoms with Gasteiger partial charge in [0, 0.05) is 6.04 Å². The molecule has 0 aromatic rings. The van der Waals surface area contributed by atoms with Crippen LogP contribution in [0.15, 0.2) is 11.6 Å². The zero-order chi connectivity index (χ0) is 10.8. The van der Waals surface area contributed by atoms with Gasteiger partial charge in [-0.2, -0.15) is 0 Å². The highest BCUT2D eigenvalue weighted by Crippen LogP contribution is 2.10. The summed E-state index contributed by atoms with van der Waals surface area (Å²) in [6, 6.07) is 0.590. The van der Waals surface area contributed by atoms with Crippen LogP contribution < -0.4 is 5.32 Å². The molecule has 0 spiro atoms. The number of unbranched alkanes of at least 4 members (excludes halogenated alkanes) is 2. The van der Waals surface area contributed by atoms with E-state index in [9.17, 15) is 0 Å². The van der Waals surface area contributed by atoms with E-state index in [-0.39, 0.29) is 0 Å². The van der Waals surface area contributed by atoms with Crippen LogP contribution in [0.5, 0.6) is 0 Å². The molecule has 0 fully saturated rings. The average Bonchev–Trinajstić information content (AvgIpc) is 2.21. The lowest BCUT2D eigenvalue weighted by Gasteiger charge is -2.12. The van der Waals surface area contributed by atoms with Crippen LogP contribution in [-0.2, 0) is 0 Å². The summed E-state index contributed by atoms with van der Waals surface area (Å²) in [5.41, 5.74) is 1.54. The van der Waals surface area contributed by atoms with Gasteiger partial charge in [0.1, 0.15) is 0 Å². The fourth-order valence-electron chi connectivity index (χ4n) is 1.62. The highest BCUT2D eigenvalue weighted by atomic mass is 14.9. The molecule has 0 saturated heterocycles. The van der Waals surface area contributed by atoms with Crippen molar-refractivity contribution in [1.29, 1.82) is 0 Å². The highest BCUT2D eigenvalue weighted by Gasteiger charge is 2.01. The third-order valence-corrected chi connectivity index (χ3v) is 2.65. The van der Waals surface area contributed by atoms with Gasteiger partial charge in [0.2, 0.25) is 0 Å². The molecule has 1 unspecified atom stereocenters. The molecular weight excluding hydrogens is 170 g/mol. The second kappa shape index (κ2) is 9.26. The molecular formula is C13H27N. The quantitative estimate of drug-likeness (QED) is 0.582. The van der Waals surface area contributed by atoms with E-state index in [2.05, 4.69) is 39.2 Å². The van der Waals surface area contributed by atoms with Crippen LogP contribution in [0.1, 0.15) is 59.3 Å². The van der Waals surface area contributed by atoms with Crippen LogP contribution in [0.25, 0.3) is 0 Å². The molecule has 0 aromatic carbocycles. The summed E-state index contributed by atoms with van der Waals surface area (Å²) in [7, 11) is 2.06. The van der Waals surface area contributed by atoms with Crippen LogP contribution in [0.2, 0.25) is 0 Å². The minimum Gasteiger partial charge on any atom is -0.314 e. The van der Waals surface area contributed by atoms with Gasteiger partial charge in [0.05, 0.1) is 0 Å². The molecule has 1 atom stereocenters. The summed E-state index contributed by atoms with van der Waals surface area (Å²) in [6.07, 6.45) is 10.2. The first-order valence-corrected chi connectivity index (χ1v) is 6.09. The first-order valence-electron chi connectivity index (χ1n) is 6.09. The predicted molar refractivity (Wildman–Crippen MR) is 65.7 cm³/mol. The second-order valence-corrected chi connectivity index (χ2v) is 4.15. The topological polar surface area (TPSA) is 12.0 Å². The number of nitrogens with one attached hydrogen (secondary N) is 1. The Morgan fingerprint density at radius 3 is 2.36 bits per heavy atom. The van der Waals surface area contributed by atoms with Gasteiger partial charge in [-0.05, 0) is 33.2 Å². The van der Waals surface area contributed by atoms with Crippen LogP contribution in [0.4, 0.5) is 0 Å². The number of hydrogen-bond acceptors (Lipinski definition) is 1. The summed E-state index contributed by atoms with van der Waals surface area (Å²) in [6.45, 7) is 6.76. The maximum Gasteiger partial charge on any atom is 0.0249 e. The Morgan fingerprint density at radius 2 is 1.86 bits per heavy atom. The minimum absolute atomic E-state index is 0.590. The molecule has 1 N–H and O–H groups in total. The van der Waals surface area contributed by atoms with Gasteiger partial charge in [-0.25, -0.2) is 0 Å². The standard InChI is InChI=1S/C13H27N/c1-5-7-9-12(3)11-13(14-4)10-8-6-2/h11,13-14H,5-10H2,1-4H3/b12-11+. The normalized spacial score (nSPS) is 14.4. The van der Waals surface area contributed by atoms with E-state index in [1.54, 1.807) is 5.57 Å². The molecule has 0 radical (unpaired) electrons. The molecule has 0 rings (SSSR count). The third kappa shape index (κ3) is 7.14. The van der Waals surface area contributed by atoms with E-state index in [0.29, 0.717) is 6.04 Å². The van der Waals surface area contributed by atoms with E-state index in [1.165, 1.54) is 38.5 Å². The van der Waals surface area contributed by atoms with Crippen LogP contribution in [-0.4, -0.2) is 13.1 Å².